The molecular formula is C20H24FNO4S. The van der Waals surface area contributed by atoms with Crippen LogP contribution in [0.25, 0.3) is 0 Å². The number of carbonyl (C=O) groups is 1. The Labute approximate surface area is 159 Å². The average Bonchev–Trinajstić information content (AvgIpc) is 2.62. The molecule has 0 spiro atoms. The second-order valence-electron chi connectivity index (χ2n) is 6.66. The minimum Gasteiger partial charge on any atom is -0.379 e. The number of benzene rings is 2. The standard InChI is InChI=1S/C20H24FNO4S/c1-4-20(23)22(13-15(2)3)14-16-5-9-18(10-6-16)26-27(24,25)19-11-7-17(21)8-12-19/h5-12,15H,4,13-14H2,1-3H3. The molecule has 0 saturated heterocycles. The Hall–Kier alpha value is -2.41. The van der Waals surface area contributed by atoms with Gasteiger partial charge in [-0.05, 0) is 47.9 Å². The molecule has 0 atom stereocenters. The van der Waals surface area contributed by atoms with E-state index in [1.165, 1.54) is 0 Å². The lowest BCUT2D eigenvalue weighted by Gasteiger charge is -2.24. The molecule has 146 valence electrons. The number of halogens is 1. The number of nitrogens with zero attached hydrogens (tertiary/aromatic N) is 1. The second kappa shape index (κ2) is 8.99. The summed E-state index contributed by atoms with van der Waals surface area (Å²) in [5, 5.41) is 0. The number of amides is 1. The summed E-state index contributed by atoms with van der Waals surface area (Å²) < 4.78 is 42.5. The van der Waals surface area contributed by atoms with E-state index in [2.05, 4.69) is 0 Å². The molecule has 0 aliphatic carbocycles. The molecule has 0 saturated carbocycles. The van der Waals surface area contributed by atoms with Crippen molar-refractivity contribution in [3.8, 4) is 5.75 Å². The Morgan fingerprint density at radius 1 is 1.07 bits per heavy atom. The van der Waals surface area contributed by atoms with Gasteiger partial charge in [0.25, 0.3) is 0 Å². The van der Waals surface area contributed by atoms with E-state index in [-0.39, 0.29) is 16.6 Å². The zero-order chi connectivity index (χ0) is 20.0. The topological polar surface area (TPSA) is 63.7 Å². The van der Waals surface area contributed by atoms with Gasteiger partial charge in [0, 0.05) is 19.5 Å². The van der Waals surface area contributed by atoms with Crippen LogP contribution in [0, 0.1) is 11.7 Å². The first-order valence-corrected chi connectivity index (χ1v) is 10.2. The van der Waals surface area contributed by atoms with Crippen molar-refractivity contribution in [1.29, 1.82) is 0 Å². The summed E-state index contributed by atoms with van der Waals surface area (Å²) in [5.74, 6) is 0.0538. The third-order valence-corrected chi connectivity index (χ3v) is 5.11. The lowest BCUT2D eigenvalue weighted by Crippen LogP contribution is -2.33. The number of hydrogen-bond donors (Lipinski definition) is 0. The molecular weight excluding hydrogens is 369 g/mol. The number of rotatable bonds is 8. The van der Waals surface area contributed by atoms with Crippen LogP contribution >= 0.6 is 0 Å². The smallest absolute Gasteiger partial charge is 0.339 e. The Kier molecular flexibility index (Phi) is 6.96. The van der Waals surface area contributed by atoms with Gasteiger partial charge in [0.05, 0.1) is 0 Å². The predicted molar refractivity (Wildman–Crippen MR) is 101 cm³/mol. The van der Waals surface area contributed by atoms with E-state index in [9.17, 15) is 17.6 Å². The van der Waals surface area contributed by atoms with Gasteiger partial charge in [0.15, 0.2) is 0 Å². The number of hydrogen-bond acceptors (Lipinski definition) is 4. The molecule has 0 aromatic heterocycles. The maximum atomic E-state index is 12.9. The van der Waals surface area contributed by atoms with Crippen LogP contribution in [0.2, 0.25) is 0 Å². The first kappa shape index (κ1) is 20.9. The van der Waals surface area contributed by atoms with Crippen LogP contribution in [0.1, 0.15) is 32.8 Å². The highest BCUT2D eigenvalue weighted by atomic mass is 32.2. The van der Waals surface area contributed by atoms with E-state index in [1.807, 2.05) is 20.8 Å². The molecule has 1 amide bonds. The predicted octanol–water partition coefficient (Wildman–Crippen LogP) is 3.99. The molecule has 0 unspecified atom stereocenters. The Bertz CT molecular complexity index is 862. The van der Waals surface area contributed by atoms with Gasteiger partial charge in [-0.2, -0.15) is 8.42 Å². The van der Waals surface area contributed by atoms with Crippen molar-refractivity contribution >= 4 is 16.0 Å². The van der Waals surface area contributed by atoms with Crippen LogP contribution in [0.15, 0.2) is 53.4 Å². The van der Waals surface area contributed by atoms with Crippen molar-refractivity contribution in [2.45, 2.75) is 38.6 Å². The van der Waals surface area contributed by atoms with Gasteiger partial charge >= 0.3 is 10.1 Å². The molecule has 27 heavy (non-hydrogen) atoms. The zero-order valence-corrected chi connectivity index (χ0v) is 16.5. The van der Waals surface area contributed by atoms with Crippen LogP contribution < -0.4 is 4.18 Å². The summed E-state index contributed by atoms with van der Waals surface area (Å²) in [4.78, 5) is 13.7. The molecule has 0 radical (unpaired) electrons. The highest BCUT2D eigenvalue weighted by Crippen LogP contribution is 2.20. The number of carbonyl (C=O) groups excluding carboxylic acids is 1. The van der Waals surface area contributed by atoms with E-state index in [1.54, 1.807) is 29.2 Å². The molecule has 0 aliphatic rings. The van der Waals surface area contributed by atoms with Crippen molar-refractivity contribution < 1.29 is 21.8 Å². The molecule has 0 aliphatic heterocycles. The molecule has 0 heterocycles. The van der Waals surface area contributed by atoms with Gasteiger partial charge in [-0.25, -0.2) is 4.39 Å². The fourth-order valence-electron chi connectivity index (χ4n) is 2.57. The van der Waals surface area contributed by atoms with Crippen LogP contribution in [0.3, 0.4) is 0 Å². The van der Waals surface area contributed by atoms with Crippen molar-refractivity contribution in [1.82, 2.24) is 4.90 Å². The highest BCUT2D eigenvalue weighted by Gasteiger charge is 2.17. The van der Waals surface area contributed by atoms with Crippen LogP contribution in [-0.2, 0) is 21.5 Å². The summed E-state index contributed by atoms with van der Waals surface area (Å²) in [5.41, 5.74) is 0.879. The van der Waals surface area contributed by atoms with E-state index in [4.69, 9.17) is 4.18 Å². The first-order valence-electron chi connectivity index (χ1n) is 8.78. The van der Waals surface area contributed by atoms with Crippen LogP contribution in [0.4, 0.5) is 4.39 Å². The molecule has 2 rings (SSSR count). The maximum Gasteiger partial charge on any atom is 0.339 e. The summed E-state index contributed by atoms with van der Waals surface area (Å²) in [7, 11) is -4.03. The molecule has 5 nitrogen and oxygen atoms in total. The SMILES string of the molecule is CCC(=O)N(Cc1ccc(OS(=O)(=O)c2ccc(F)cc2)cc1)CC(C)C. The monoisotopic (exact) mass is 393 g/mol. The van der Waals surface area contributed by atoms with Crippen molar-refractivity contribution in [2.75, 3.05) is 6.54 Å². The molecule has 0 bridgehead atoms. The first-order chi connectivity index (χ1) is 12.7. The van der Waals surface area contributed by atoms with Gasteiger partial charge in [0.1, 0.15) is 16.5 Å². The van der Waals surface area contributed by atoms with Crippen LogP contribution in [0.5, 0.6) is 5.75 Å². The van der Waals surface area contributed by atoms with E-state index < -0.39 is 15.9 Å². The zero-order valence-electron chi connectivity index (χ0n) is 15.7. The van der Waals surface area contributed by atoms with Crippen molar-refractivity contribution in [3.05, 3.63) is 59.9 Å². The highest BCUT2D eigenvalue weighted by molar-refractivity contribution is 7.87. The Balaban J connectivity index is 2.10. The Morgan fingerprint density at radius 2 is 1.67 bits per heavy atom. The normalized spacial score (nSPS) is 11.4. The molecule has 0 N–H and O–H groups in total. The minimum atomic E-state index is -4.03. The molecule has 7 heteroatoms. The van der Waals surface area contributed by atoms with E-state index >= 15 is 0 Å². The van der Waals surface area contributed by atoms with Gasteiger partial charge in [-0.1, -0.05) is 32.9 Å². The molecule has 2 aromatic carbocycles. The fraction of sp³-hybridized carbons (Fsp3) is 0.350. The van der Waals surface area contributed by atoms with Gasteiger partial charge in [0.2, 0.25) is 5.91 Å². The van der Waals surface area contributed by atoms with Crippen molar-refractivity contribution in [3.63, 3.8) is 0 Å². The fourth-order valence-corrected chi connectivity index (χ4v) is 3.50. The second-order valence-corrected chi connectivity index (χ2v) is 8.20. The Morgan fingerprint density at radius 3 is 2.19 bits per heavy atom. The third-order valence-electron chi connectivity index (χ3n) is 3.85. The summed E-state index contributed by atoms with van der Waals surface area (Å²) in [6.45, 7) is 7.03. The largest absolute Gasteiger partial charge is 0.379 e. The lowest BCUT2D eigenvalue weighted by molar-refractivity contribution is -0.132. The quantitative estimate of drug-likeness (QED) is 0.636. The average molecular weight is 393 g/mol. The summed E-state index contributed by atoms with van der Waals surface area (Å²) >= 11 is 0. The van der Waals surface area contributed by atoms with E-state index in [0.717, 1.165) is 29.8 Å². The van der Waals surface area contributed by atoms with Gasteiger partial charge in [-0.3, -0.25) is 4.79 Å². The maximum absolute atomic E-state index is 12.9. The van der Waals surface area contributed by atoms with E-state index in [0.29, 0.717) is 25.4 Å². The van der Waals surface area contributed by atoms with Gasteiger partial charge in [-0.15, -0.1) is 0 Å². The summed E-state index contributed by atoms with van der Waals surface area (Å²) in [6, 6.07) is 11.0. The van der Waals surface area contributed by atoms with Crippen molar-refractivity contribution in [2.24, 2.45) is 5.92 Å². The molecule has 0 fully saturated rings. The van der Waals surface area contributed by atoms with Gasteiger partial charge < -0.3 is 9.08 Å². The third kappa shape index (κ3) is 6.06. The summed E-state index contributed by atoms with van der Waals surface area (Å²) in [6.07, 6.45) is 0.434. The lowest BCUT2D eigenvalue weighted by atomic mass is 10.1. The molecule has 2 aromatic rings. The van der Waals surface area contributed by atoms with Crippen LogP contribution in [-0.4, -0.2) is 25.8 Å². The minimum absolute atomic E-state index is 0.0721.